The van der Waals surface area contributed by atoms with Gasteiger partial charge in [0.15, 0.2) is 11.2 Å². The molecule has 2 aromatic carbocycles. The Balaban J connectivity index is 1.45. The molecule has 29 heavy (non-hydrogen) atoms. The lowest BCUT2D eigenvalue weighted by Gasteiger charge is -2.04. The quantitative estimate of drug-likeness (QED) is 0.486. The largest absolute Gasteiger partial charge is 0.497 e. The van der Waals surface area contributed by atoms with E-state index in [2.05, 4.69) is 35.7 Å². The molecule has 0 unspecified atom stereocenters. The van der Waals surface area contributed by atoms with Crippen LogP contribution in [0.1, 0.15) is 0 Å². The zero-order valence-corrected chi connectivity index (χ0v) is 15.2. The number of anilines is 2. The van der Waals surface area contributed by atoms with E-state index < -0.39 is 0 Å². The minimum Gasteiger partial charge on any atom is -0.497 e. The van der Waals surface area contributed by atoms with Crippen molar-refractivity contribution in [3.8, 4) is 22.8 Å². The number of nitrogens with zero attached hydrogens (tertiary/aromatic N) is 7. The molecule has 3 heterocycles. The van der Waals surface area contributed by atoms with Gasteiger partial charge in [0.25, 0.3) is 0 Å². The summed E-state index contributed by atoms with van der Waals surface area (Å²) < 4.78 is 12.1. The zero-order chi connectivity index (χ0) is 19.6. The number of aromatic nitrogens is 7. The van der Waals surface area contributed by atoms with Gasteiger partial charge >= 0.3 is 6.01 Å². The predicted octanol–water partition coefficient (Wildman–Crippen LogP) is 3.01. The van der Waals surface area contributed by atoms with Gasteiger partial charge in [-0.2, -0.15) is 14.6 Å². The van der Waals surface area contributed by atoms with Crippen LogP contribution >= 0.6 is 0 Å². The molecule has 0 bridgehead atoms. The molecular formula is C19H14N8O2. The van der Waals surface area contributed by atoms with Crippen molar-refractivity contribution in [3.05, 3.63) is 60.8 Å². The van der Waals surface area contributed by atoms with Crippen LogP contribution in [0.2, 0.25) is 0 Å². The number of benzene rings is 2. The fourth-order valence-electron chi connectivity index (χ4n) is 2.76. The van der Waals surface area contributed by atoms with Crippen molar-refractivity contribution in [3.63, 3.8) is 0 Å². The third-order valence-electron chi connectivity index (χ3n) is 4.19. The normalized spacial score (nSPS) is 10.9. The second kappa shape index (κ2) is 7.00. The van der Waals surface area contributed by atoms with Gasteiger partial charge in [-0.15, -0.1) is 5.10 Å². The smallest absolute Gasteiger partial charge is 0.328 e. The van der Waals surface area contributed by atoms with Gasteiger partial charge < -0.3 is 9.26 Å². The van der Waals surface area contributed by atoms with E-state index in [9.17, 15) is 0 Å². The Hall–Kier alpha value is -4.34. The van der Waals surface area contributed by atoms with Gasteiger partial charge in [-0.25, -0.2) is 4.98 Å². The molecule has 0 aliphatic heterocycles. The van der Waals surface area contributed by atoms with Crippen LogP contribution in [-0.2, 0) is 0 Å². The van der Waals surface area contributed by atoms with Crippen LogP contribution < -0.4 is 10.1 Å². The Morgan fingerprint density at radius 3 is 2.62 bits per heavy atom. The van der Waals surface area contributed by atoms with Crippen LogP contribution in [0.4, 0.5) is 12.0 Å². The summed E-state index contributed by atoms with van der Waals surface area (Å²) in [5.41, 5.74) is 2.74. The molecule has 0 fully saturated rings. The van der Waals surface area contributed by atoms with E-state index in [1.807, 2.05) is 54.6 Å². The maximum absolute atomic E-state index is 5.25. The SMILES string of the molecule is COc1ccc(-n2nnc3cnc(Nc4nc(-c5ccccc5)no4)nc32)cc1. The van der Waals surface area contributed by atoms with Crippen molar-refractivity contribution in [2.24, 2.45) is 0 Å². The summed E-state index contributed by atoms with van der Waals surface area (Å²) in [6.07, 6.45) is 1.58. The maximum Gasteiger partial charge on any atom is 0.328 e. The summed E-state index contributed by atoms with van der Waals surface area (Å²) in [5.74, 6) is 1.51. The Morgan fingerprint density at radius 2 is 1.83 bits per heavy atom. The molecule has 10 heteroatoms. The van der Waals surface area contributed by atoms with Crippen molar-refractivity contribution in [2.45, 2.75) is 0 Å². The number of nitrogens with one attached hydrogen (secondary N) is 1. The van der Waals surface area contributed by atoms with Gasteiger partial charge in [0.1, 0.15) is 5.75 Å². The Morgan fingerprint density at radius 1 is 1.00 bits per heavy atom. The molecule has 142 valence electrons. The highest BCUT2D eigenvalue weighted by atomic mass is 16.5. The lowest BCUT2D eigenvalue weighted by Crippen LogP contribution is -2.01. The Labute approximate surface area is 164 Å². The van der Waals surface area contributed by atoms with Gasteiger partial charge in [0, 0.05) is 5.56 Å². The maximum atomic E-state index is 5.25. The van der Waals surface area contributed by atoms with Crippen LogP contribution in [0.5, 0.6) is 5.75 Å². The van der Waals surface area contributed by atoms with E-state index in [0.29, 0.717) is 17.0 Å². The second-order valence-corrected chi connectivity index (χ2v) is 6.02. The summed E-state index contributed by atoms with van der Waals surface area (Å²) >= 11 is 0. The van der Waals surface area contributed by atoms with Crippen molar-refractivity contribution in [2.75, 3.05) is 12.4 Å². The van der Waals surface area contributed by atoms with E-state index in [4.69, 9.17) is 9.26 Å². The molecule has 0 aliphatic rings. The van der Waals surface area contributed by atoms with Crippen molar-refractivity contribution in [1.82, 2.24) is 35.1 Å². The van der Waals surface area contributed by atoms with Crippen molar-refractivity contribution >= 4 is 23.1 Å². The van der Waals surface area contributed by atoms with Crippen LogP contribution in [-0.4, -0.2) is 42.2 Å². The topological polar surface area (TPSA) is 117 Å². The lowest BCUT2D eigenvalue weighted by molar-refractivity contribution is 0.414. The molecule has 0 amide bonds. The number of hydrogen-bond acceptors (Lipinski definition) is 9. The van der Waals surface area contributed by atoms with E-state index >= 15 is 0 Å². The molecule has 0 saturated carbocycles. The third kappa shape index (κ3) is 3.23. The summed E-state index contributed by atoms with van der Waals surface area (Å²) in [6.45, 7) is 0. The molecule has 0 radical (unpaired) electrons. The first-order valence-corrected chi connectivity index (χ1v) is 8.69. The molecular weight excluding hydrogens is 372 g/mol. The first-order valence-electron chi connectivity index (χ1n) is 8.69. The van der Waals surface area contributed by atoms with E-state index in [1.165, 1.54) is 0 Å². The summed E-state index contributed by atoms with van der Waals surface area (Å²) in [5, 5.41) is 15.2. The van der Waals surface area contributed by atoms with Crippen LogP contribution in [0.3, 0.4) is 0 Å². The standard InChI is InChI=1S/C19H14N8O2/c1-28-14-9-7-13(8-10-14)27-17-15(24-26-27)11-20-18(22-17)23-19-21-16(25-29-19)12-5-3-2-4-6-12/h2-11H,1H3,(H,20,21,22,23,25). The fourth-order valence-corrected chi connectivity index (χ4v) is 2.76. The Bertz CT molecular complexity index is 1260. The van der Waals surface area contributed by atoms with Crippen LogP contribution in [0.15, 0.2) is 65.3 Å². The van der Waals surface area contributed by atoms with Crippen LogP contribution in [0.25, 0.3) is 28.2 Å². The molecule has 0 aliphatic carbocycles. The highest BCUT2D eigenvalue weighted by Gasteiger charge is 2.13. The summed E-state index contributed by atoms with van der Waals surface area (Å²) in [6, 6.07) is 17.1. The minimum absolute atomic E-state index is 0.187. The predicted molar refractivity (Wildman–Crippen MR) is 104 cm³/mol. The average molecular weight is 386 g/mol. The van der Waals surface area contributed by atoms with Gasteiger partial charge in [0.05, 0.1) is 19.0 Å². The minimum atomic E-state index is 0.187. The zero-order valence-electron chi connectivity index (χ0n) is 15.2. The third-order valence-corrected chi connectivity index (χ3v) is 4.19. The molecule has 5 rings (SSSR count). The monoisotopic (exact) mass is 386 g/mol. The van der Waals surface area contributed by atoms with Gasteiger partial charge in [0.2, 0.25) is 11.8 Å². The molecule has 3 aromatic heterocycles. The number of rotatable bonds is 5. The number of methoxy groups -OCH3 is 1. The lowest BCUT2D eigenvalue weighted by atomic mass is 10.2. The highest BCUT2D eigenvalue weighted by molar-refractivity contribution is 5.72. The molecule has 1 N–H and O–H groups in total. The summed E-state index contributed by atoms with van der Waals surface area (Å²) in [7, 11) is 1.62. The molecule has 0 saturated heterocycles. The molecule has 0 spiro atoms. The summed E-state index contributed by atoms with van der Waals surface area (Å²) in [4.78, 5) is 13.0. The second-order valence-electron chi connectivity index (χ2n) is 6.02. The Kier molecular flexibility index (Phi) is 4.06. The fraction of sp³-hybridized carbons (Fsp3) is 0.0526. The highest BCUT2D eigenvalue weighted by Crippen LogP contribution is 2.21. The van der Waals surface area contributed by atoms with Crippen molar-refractivity contribution < 1.29 is 9.26 Å². The van der Waals surface area contributed by atoms with Gasteiger partial charge in [-0.3, -0.25) is 5.32 Å². The number of hydrogen-bond donors (Lipinski definition) is 1. The van der Waals surface area contributed by atoms with E-state index in [-0.39, 0.29) is 12.0 Å². The number of ether oxygens (including phenoxy) is 1. The van der Waals surface area contributed by atoms with E-state index in [0.717, 1.165) is 17.0 Å². The average Bonchev–Trinajstić information content (AvgIpc) is 3.41. The van der Waals surface area contributed by atoms with Crippen molar-refractivity contribution in [1.29, 1.82) is 0 Å². The first-order chi connectivity index (χ1) is 14.3. The molecule has 0 atom stereocenters. The van der Waals surface area contributed by atoms with Crippen LogP contribution in [0, 0.1) is 0 Å². The van der Waals surface area contributed by atoms with Gasteiger partial charge in [-0.1, -0.05) is 40.7 Å². The number of fused-ring (bicyclic) bond motifs is 1. The first kappa shape index (κ1) is 16.8. The molecule has 10 nitrogen and oxygen atoms in total. The molecule has 5 aromatic rings. The van der Waals surface area contributed by atoms with E-state index in [1.54, 1.807) is 18.0 Å². The van der Waals surface area contributed by atoms with Gasteiger partial charge in [-0.05, 0) is 24.3 Å².